The average Bonchev–Trinajstić information content (AvgIpc) is 2.91. The second-order valence-electron chi connectivity index (χ2n) is 6.65. The average molecular weight is 402 g/mol. The maximum atomic E-state index is 12.3. The lowest BCUT2D eigenvalue weighted by atomic mass is 10.2. The zero-order valence-corrected chi connectivity index (χ0v) is 17.0. The Bertz CT molecular complexity index is 883. The number of nitriles is 1. The molecule has 0 spiro atoms. The normalized spacial score (nSPS) is 11.0. The highest BCUT2D eigenvalue weighted by molar-refractivity contribution is 6.31. The van der Waals surface area contributed by atoms with Crippen LogP contribution in [0.1, 0.15) is 37.9 Å². The van der Waals surface area contributed by atoms with Gasteiger partial charge in [-0.2, -0.15) is 10.4 Å². The topological polar surface area (TPSA) is 92.8 Å². The van der Waals surface area contributed by atoms with Crippen molar-refractivity contribution in [3.8, 4) is 11.8 Å². The van der Waals surface area contributed by atoms with E-state index in [1.807, 2.05) is 6.92 Å². The second-order valence-corrected chi connectivity index (χ2v) is 7.01. The first-order valence-electron chi connectivity index (χ1n) is 9.09. The van der Waals surface area contributed by atoms with Crippen LogP contribution in [0, 0.1) is 24.2 Å². The first-order valence-corrected chi connectivity index (χ1v) is 9.47. The largest absolute Gasteiger partial charge is 0.490 e. The highest BCUT2D eigenvalue weighted by Crippen LogP contribution is 2.23. The number of rotatable bonds is 9. The van der Waals surface area contributed by atoms with Crippen molar-refractivity contribution in [1.82, 2.24) is 14.8 Å². The number of aryl methyl sites for hydroxylation is 1. The molecule has 0 aliphatic carbocycles. The SMILES string of the molecule is Cc1nn(CC(C)C)c(Cl)c1/C=C/C(=O)Nc1ncccc1OCCCC#N. The number of hydrogen-bond acceptors (Lipinski definition) is 5. The van der Waals surface area contributed by atoms with Crippen molar-refractivity contribution in [2.24, 2.45) is 5.92 Å². The van der Waals surface area contributed by atoms with Gasteiger partial charge in [0.15, 0.2) is 11.6 Å². The molecule has 0 atom stereocenters. The number of carbonyl (C=O) groups is 1. The van der Waals surface area contributed by atoms with Crippen molar-refractivity contribution in [2.45, 2.75) is 40.2 Å². The van der Waals surface area contributed by atoms with Gasteiger partial charge < -0.3 is 10.1 Å². The number of carbonyl (C=O) groups excluding carboxylic acids is 1. The first-order chi connectivity index (χ1) is 13.4. The zero-order chi connectivity index (χ0) is 20.5. The summed E-state index contributed by atoms with van der Waals surface area (Å²) in [7, 11) is 0. The van der Waals surface area contributed by atoms with Gasteiger partial charge in [0.1, 0.15) is 5.15 Å². The van der Waals surface area contributed by atoms with Gasteiger partial charge in [-0.15, -0.1) is 0 Å². The molecular weight excluding hydrogens is 378 g/mol. The van der Waals surface area contributed by atoms with Crippen LogP contribution >= 0.6 is 11.6 Å². The fourth-order valence-electron chi connectivity index (χ4n) is 2.47. The number of hydrogen-bond donors (Lipinski definition) is 1. The Morgan fingerprint density at radius 3 is 3.00 bits per heavy atom. The third-order valence-corrected chi connectivity index (χ3v) is 4.15. The van der Waals surface area contributed by atoms with E-state index in [4.69, 9.17) is 21.6 Å². The first kappa shape index (κ1) is 21.5. The molecule has 8 heteroatoms. The number of pyridine rings is 1. The van der Waals surface area contributed by atoms with E-state index in [-0.39, 0.29) is 5.91 Å². The minimum absolute atomic E-state index is 0.326. The molecule has 0 fully saturated rings. The molecule has 0 aliphatic rings. The van der Waals surface area contributed by atoms with Crippen LogP contribution in [-0.2, 0) is 11.3 Å². The standard InChI is InChI=1S/C20H24ClN5O2/c1-14(2)13-26-19(21)16(15(3)25-26)8-9-18(27)24-20-17(7-6-11-23-20)28-12-5-4-10-22/h6-9,11,14H,4-5,12-13H2,1-3H3,(H,23,24,27)/b9-8+. The molecule has 0 aromatic carbocycles. The Hall–Kier alpha value is -2.85. The minimum atomic E-state index is -0.354. The number of aromatic nitrogens is 3. The second kappa shape index (κ2) is 10.5. The van der Waals surface area contributed by atoms with Crippen LogP contribution in [-0.4, -0.2) is 27.3 Å². The lowest BCUT2D eigenvalue weighted by molar-refractivity contribution is -0.111. The van der Waals surface area contributed by atoms with E-state index < -0.39 is 0 Å². The lowest BCUT2D eigenvalue weighted by Crippen LogP contribution is -2.11. The molecule has 0 bridgehead atoms. The summed E-state index contributed by atoms with van der Waals surface area (Å²) in [5, 5.41) is 16.2. The molecule has 1 amide bonds. The van der Waals surface area contributed by atoms with Crippen LogP contribution in [0.3, 0.4) is 0 Å². The smallest absolute Gasteiger partial charge is 0.249 e. The van der Waals surface area contributed by atoms with Crippen molar-refractivity contribution >= 4 is 29.4 Å². The summed E-state index contributed by atoms with van der Waals surface area (Å²) >= 11 is 6.39. The number of halogens is 1. The number of anilines is 1. The molecule has 2 aromatic heterocycles. The van der Waals surface area contributed by atoms with E-state index in [1.165, 1.54) is 6.08 Å². The molecule has 2 heterocycles. The molecular formula is C20H24ClN5O2. The highest BCUT2D eigenvalue weighted by atomic mass is 35.5. The van der Waals surface area contributed by atoms with Crippen molar-refractivity contribution in [1.29, 1.82) is 5.26 Å². The molecule has 0 aliphatic heterocycles. The van der Waals surface area contributed by atoms with Crippen LogP contribution in [0.25, 0.3) is 6.08 Å². The summed E-state index contributed by atoms with van der Waals surface area (Å²) in [6, 6.07) is 5.50. The predicted octanol–water partition coefficient (Wildman–Crippen LogP) is 4.23. The number of ether oxygens (including phenoxy) is 1. The number of amides is 1. The summed E-state index contributed by atoms with van der Waals surface area (Å²) in [5.41, 5.74) is 1.47. The van der Waals surface area contributed by atoms with Crippen LogP contribution in [0.15, 0.2) is 24.4 Å². The molecule has 1 N–H and O–H groups in total. The van der Waals surface area contributed by atoms with Gasteiger partial charge in [0.25, 0.3) is 0 Å². The summed E-state index contributed by atoms with van der Waals surface area (Å²) in [5.74, 6) is 0.842. The molecule has 2 rings (SSSR count). The van der Waals surface area contributed by atoms with Crippen LogP contribution in [0.2, 0.25) is 5.15 Å². The third-order valence-electron chi connectivity index (χ3n) is 3.75. The van der Waals surface area contributed by atoms with Gasteiger partial charge in [0, 0.05) is 30.8 Å². The van der Waals surface area contributed by atoms with Gasteiger partial charge in [0.2, 0.25) is 5.91 Å². The Labute approximate surface area is 170 Å². The van der Waals surface area contributed by atoms with E-state index in [0.717, 1.165) is 5.69 Å². The van der Waals surface area contributed by atoms with E-state index in [2.05, 4.69) is 35.3 Å². The summed E-state index contributed by atoms with van der Waals surface area (Å²) < 4.78 is 7.34. The van der Waals surface area contributed by atoms with E-state index in [9.17, 15) is 4.79 Å². The Morgan fingerprint density at radius 2 is 2.29 bits per heavy atom. The molecule has 2 aromatic rings. The molecule has 28 heavy (non-hydrogen) atoms. The van der Waals surface area contributed by atoms with E-state index >= 15 is 0 Å². The summed E-state index contributed by atoms with van der Waals surface area (Å²) in [6.07, 6.45) is 5.63. The number of nitrogens with one attached hydrogen (secondary N) is 1. The van der Waals surface area contributed by atoms with Gasteiger partial charge >= 0.3 is 0 Å². The predicted molar refractivity (Wildman–Crippen MR) is 109 cm³/mol. The van der Waals surface area contributed by atoms with E-state index in [0.29, 0.717) is 54.2 Å². The number of nitrogens with zero attached hydrogens (tertiary/aromatic N) is 4. The molecule has 0 saturated carbocycles. The van der Waals surface area contributed by atoms with Crippen LogP contribution in [0.5, 0.6) is 5.75 Å². The summed E-state index contributed by atoms with van der Waals surface area (Å²) in [4.78, 5) is 16.5. The molecule has 148 valence electrons. The Kier molecular flexibility index (Phi) is 8.02. The molecule has 0 radical (unpaired) electrons. The molecule has 0 unspecified atom stereocenters. The Balaban J connectivity index is 2.05. The van der Waals surface area contributed by atoms with Crippen molar-refractivity contribution in [3.63, 3.8) is 0 Å². The molecule has 7 nitrogen and oxygen atoms in total. The fraction of sp³-hybridized carbons (Fsp3) is 0.400. The van der Waals surface area contributed by atoms with Crippen LogP contribution in [0.4, 0.5) is 5.82 Å². The zero-order valence-electron chi connectivity index (χ0n) is 16.3. The molecule has 0 saturated heterocycles. The minimum Gasteiger partial charge on any atom is -0.490 e. The fourth-order valence-corrected chi connectivity index (χ4v) is 2.78. The summed E-state index contributed by atoms with van der Waals surface area (Å²) in [6.45, 7) is 7.11. The van der Waals surface area contributed by atoms with Gasteiger partial charge in [-0.1, -0.05) is 25.4 Å². The van der Waals surface area contributed by atoms with Crippen LogP contribution < -0.4 is 10.1 Å². The number of unbranched alkanes of at least 4 members (excludes halogenated alkanes) is 1. The highest BCUT2D eigenvalue weighted by Gasteiger charge is 2.13. The van der Waals surface area contributed by atoms with Crippen molar-refractivity contribution in [3.05, 3.63) is 40.8 Å². The third kappa shape index (κ3) is 6.10. The van der Waals surface area contributed by atoms with Gasteiger partial charge in [-0.25, -0.2) is 4.98 Å². The van der Waals surface area contributed by atoms with Gasteiger partial charge in [-0.3, -0.25) is 9.48 Å². The van der Waals surface area contributed by atoms with Gasteiger partial charge in [0.05, 0.1) is 18.4 Å². The van der Waals surface area contributed by atoms with Crippen molar-refractivity contribution in [2.75, 3.05) is 11.9 Å². The van der Waals surface area contributed by atoms with E-state index in [1.54, 1.807) is 29.1 Å². The monoisotopic (exact) mass is 401 g/mol. The van der Waals surface area contributed by atoms with Crippen molar-refractivity contribution < 1.29 is 9.53 Å². The lowest BCUT2D eigenvalue weighted by Gasteiger charge is -2.09. The maximum absolute atomic E-state index is 12.3. The maximum Gasteiger partial charge on any atom is 0.249 e. The Morgan fingerprint density at radius 1 is 1.50 bits per heavy atom. The quantitative estimate of drug-likeness (QED) is 0.501. The van der Waals surface area contributed by atoms with Gasteiger partial charge in [-0.05, 0) is 37.5 Å².